The first-order valence-electron chi connectivity index (χ1n) is 6.75. The molecule has 0 fully saturated rings. The molecule has 0 N–H and O–H groups in total. The molecule has 0 bridgehead atoms. The number of rotatable bonds is 4. The Kier molecular flexibility index (Phi) is 3.62. The first-order valence-corrected chi connectivity index (χ1v) is 6.75. The van der Waals surface area contributed by atoms with Crippen LogP contribution in [0.2, 0.25) is 0 Å². The fourth-order valence-corrected chi connectivity index (χ4v) is 2.35. The third-order valence-corrected chi connectivity index (χ3v) is 3.38. The van der Waals surface area contributed by atoms with E-state index < -0.39 is 5.76 Å². The van der Waals surface area contributed by atoms with E-state index in [1.807, 2.05) is 36.4 Å². The largest absolute Gasteiger partial charge is 0.496 e. The summed E-state index contributed by atoms with van der Waals surface area (Å²) in [5, 5.41) is 14.6. The molecule has 0 spiro atoms. The summed E-state index contributed by atoms with van der Waals surface area (Å²) in [6, 6.07) is 13.3. The van der Waals surface area contributed by atoms with E-state index in [1.165, 1.54) is 0 Å². The number of nitriles is 1. The van der Waals surface area contributed by atoms with Crippen LogP contribution in [0.15, 0.2) is 45.6 Å². The van der Waals surface area contributed by atoms with Gasteiger partial charge in [0.2, 0.25) is 5.89 Å². The lowest BCUT2D eigenvalue weighted by Crippen LogP contribution is -2.15. The van der Waals surface area contributed by atoms with Crippen molar-refractivity contribution in [2.45, 2.75) is 13.0 Å². The zero-order chi connectivity index (χ0) is 15.5. The average Bonchev–Trinajstić information content (AvgIpc) is 2.92. The van der Waals surface area contributed by atoms with Gasteiger partial charge in [-0.3, -0.25) is 0 Å². The molecule has 6 nitrogen and oxygen atoms in total. The molecule has 0 unspecified atom stereocenters. The molecule has 1 heterocycles. The van der Waals surface area contributed by atoms with E-state index in [-0.39, 0.29) is 18.9 Å². The van der Waals surface area contributed by atoms with Gasteiger partial charge in [-0.25, -0.2) is 4.79 Å². The van der Waals surface area contributed by atoms with Crippen molar-refractivity contribution in [3.8, 4) is 23.3 Å². The Bertz CT molecular complexity index is 918. The van der Waals surface area contributed by atoms with E-state index in [2.05, 4.69) is 5.10 Å². The first kappa shape index (κ1) is 13.9. The monoisotopic (exact) mass is 295 g/mol. The molecular weight excluding hydrogens is 282 g/mol. The predicted octanol–water partition coefficient (Wildman–Crippen LogP) is 2.58. The molecular formula is C16H13N3O3. The summed E-state index contributed by atoms with van der Waals surface area (Å²) in [6.45, 7) is 0.215. The van der Waals surface area contributed by atoms with E-state index in [4.69, 9.17) is 14.4 Å². The van der Waals surface area contributed by atoms with Crippen LogP contribution in [-0.4, -0.2) is 16.9 Å². The SMILES string of the molecule is COc1ccc(-c2nn(CCC#N)c(=O)o2)c2ccccc12. The Morgan fingerprint density at radius 2 is 2.05 bits per heavy atom. The Morgan fingerprint density at radius 1 is 1.27 bits per heavy atom. The zero-order valence-electron chi connectivity index (χ0n) is 11.9. The van der Waals surface area contributed by atoms with Gasteiger partial charge in [-0.2, -0.15) is 9.94 Å². The maximum absolute atomic E-state index is 11.8. The second-order valence-electron chi connectivity index (χ2n) is 4.67. The maximum Gasteiger partial charge on any atom is 0.437 e. The number of ether oxygens (including phenoxy) is 1. The first-order chi connectivity index (χ1) is 10.7. The highest BCUT2D eigenvalue weighted by Gasteiger charge is 2.14. The van der Waals surface area contributed by atoms with Crippen LogP contribution in [-0.2, 0) is 6.54 Å². The standard InChI is InChI=1S/C16H13N3O3/c1-21-14-8-7-13(11-5-2-3-6-12(11)14)15-18-19(10-4-9-17)16(20)22-15/h2-3,5-8H,4,10H2,1H3. The maximum atomic E-state index is 11.8. The molecule has 22 heavy (non-hydrogen) atoms. The Balaban J connectivity index is 2.15. The number of nitrogens with zero attached hydrogens (tertiary/aromatic N) is 3. The molecule has 0 aliphatic rings. The molecule has 0 saturated heterocycles. The van der Waals surface area contributed by atoms with E-state index in [0.29, 0.717) is 5.56 Å². The van der Waals surface area contributed by atoms with Gasteiger partial charge in [-0.15, -0.1) is 5.10 Å². The van der Waals surface area contributed by atoms with Crippen LogP contribution in [0, 0.1) is 11.3 Å². The molecule has 6 heteroatoms. The molecule has 110 valence electrons. The van der Waals surface area contributed by atoms with Crippen molar-refractivity contribution < 1.29 is 9.15 Å². The lowest BCUT2D eigenvalue weighted by atomic mass is 10.0. The molecule has 0 aliphatic carbocycles. The smallest absolute Gasteiger partial charge is 0.437 e. The number of hydrogen-bond acceptors (Lipinski definition) is 5. The molecule has 2 aromatic carbocycles. The van der Waals surface area contributed by atoms with Crippen LogP contribution in [0.1, 0.15) is 6.42 Å². The normalized spacial score (nSPS) is 10.5. The Hall–Kier alpha value is -3.07. The molecule has 3 aromatic rings. The van der Waals surface area contributed by atoms with Gasteiger partial charge in [0, 0.05) is 10.9 Å². The lowest BCUT2D eigenvalue weighted by molar-refractivity contribution is 0.420. The quantitative estimate of drug-likeness (QED) is 0.739. The third-order valence-electron chi connectivity index (χ3n) is 3.38. The number of methoxy groups -OCH3 is 1. The molecule has 0 radical (unpaired) electrons. The van der Waals surface area contributed by atoms with Gasteiger partial charge in [-0.05, 0) is 17.5 Å². The van der Waals surface area contributed by atoms with E-state index >= 15 is 0 Å². The highest BCUT2D eigenvalue weighted by Crippen LogP contribution is 2.33. The number of hydrogen-bond donors (Lipinski definition) is 0. The van der Waals surface area contributed by atoms with Crippen LogP contribution >= 0.6 is 0 Å². The minimum Gasteiger partial charge on any atom is -0.496 e. The van der Waals surface area contributed by atoms with Gasteiger partial charge >= 0.3 is 5.76 Å². The highest BCUT2D eigenvalue weighted by molar-refractivity contribution is 5.98. The fourth-order valence-electron chi connectivity index (χ4n) is 2.35. The second kappa shape index (κ2) is 5.74. The van der Waals surface area contributed by atoms with Crippen molar-refractivity contribution in [1.82, 2.24) is 9.78 Å². The summed E-state index contributed by atoms with van der Waals surface area (Å²) in [5.74, 6) is 0.414. The molecule has 0 saturated carbocycles. The van der Waals surface area contributed by atoms with Crippen LogP contribution in [0.4, 0.5) is 0 Å². The van der Waals surface area contributed by atoms with Gasteiger partial charge in [0.15, 0.2) is 0 Å². The summed E-state index contributed by atoms with van der Waals surface area (Å²) in [5.41, 5.74) is 0.712. The minimum absolute atomic E-state index is 0.204. The second-order valence-corrected chi connectivity index (χ2v) is 4.67. The number of benzene rings is 2. The summed E-state index contributed by atoms with van der Waals surface area (Å²) < 4.78 is 11.7. The predicted molar refractivity (Wildman–Crippen MR) is 80.5 cm³/mol. The van der Waals surface area contributed by atoms with Crippen LogP contribution in [0.3, 0.4) is 0 Å². The van der Waals surface area contributed by atoms with Crippen molar-refractivity contribution in [3.05, 3.63) is 46.9 Å². The van der Waals surface area contributed by atoms with Gasteiger partial charge < -0.3 is 9.15 Å². The van der Waals surface area contributed by atoms with E-state index in [0.717, 1.165) is 21.2 Å². The number of aryl methyl sites for hydroxylation is 1. The molecule has 3 rings (SSSR count). The lowest BCUT2D eigenvalue weighted by Gasteiger charge is -2.07. The fraction of sp³-hybridized carbons (Fsp3) is 0.188. The van der Waals surface area contributed by atoms with Gasteiger partial charge in [0.25, 0.3) is 0 Å². The Labute approximate surface area is 126 Å². The average molecular weight is 295 g/mol. The number of aromatic nitrogens is 2. The van der Waals surface area contributed by atoms with Crippen molar-refractivity contribution in [2.75, 3.05) is 7.11 Å². The van der Waals surface area contributed by atoms with Gasteiger partial charge in [0.05, 0.1) is 26.1 Å². The minimum atomic E-state index is -0.565. The van der Waals surface area contributed by atoms with Crippen LogP contribution < -0.4 is 10.5 Å². The van der Waals surface area contributed by atoms with Crippen molar-refractivity contribution in [3.63, 3.8) is 0 Å². The molecule has 0 atom stereocenters. The summed E-state index contributed by atoms with van der Waals surface area (Å²) in [6.07, 6.45) is 0.204. The van der Waals surface area contributed by atoms with Crippen molar-refractivity contribution in [1.29, 1.82) is 5.26 Å². The van der Waals surface area contributed by atoms with Gasteiger partial charge in [-0.1, -0.05) is 24.3 Å². The zero-order valence-corrected chi connectivity index (χ0v) is 11.9. The van der Waals surface area contributed by atoms with Crippen LogP contribution in [0.25, 0.3) is 22.2 Å². The van der Waals surface area contributed by atoms with Crippen LogP contribution in [0.5, 0.6) is 5.75 Å². The number of fused-ring (bicyclic) bond motifs is 1. The molecule has 0 amide bonds. The topological polar surface area (TPSA) is 81.0 Å². The third kappa shape index (κ3) is 2.33. The summed E-state index contributed by atoms with van der Waals surface area (Å²) in [7, 11) is 1.61. The highest BCUT2D eigenvalue weighted by atomic mass is 16.5. The molecule has 1 aromatic heterocycles. The summed E-state index contributed by atoms with van der Waals surface area (Å²) in [4.78, 5) is 11.8. The Morgan fingerprint density at radius 3 is 2.77 bits per heavy atom. The van der Waals surface area contributed by atoms with Crippen molar-refractivity contribution >= 4 is 10.8 Å². The van der Waals surface area contributed by atoms with E-state index in [9.17, 15) is 4.79 Å². The van der Waals surface area contributed by atoms with Crippen molar-refractivity contribution in [2.24, 2.45) is 0 Å². The van der Waals surface area contributed by atoms with E-state index in [1.54, 1.807) is 13.2 Å². The molecule has 0 aliphatic heterocycles. The van der Waals surface area contributed by atoms with Gasteiger partial charge in [0.1, 0.15) is 5.75 Å². The summed E-state index contributed by atoms with van der Waals surface area (Å²) >= 11 is 0.